The molecule has 4 aromatic rings. The van der Waals surface area contributed by atoms with Crippen LogP contribution >= 0.6 is 11.6 Å². The van der Waals surface area contributed by atoms with Gasteiger partial charge in [0.05, 0.1) is 23.3 Å². The highest BCUT2D eigenvalue weighted by molar-refractivity contribution is 6.30. The standard InChI is InChI=1S/C24H20ClN3O3/c1-15-6-7-19-18(12-15)22(29)20-21(16-4-2-5-17(25)13-16)28(24(30)23(20)31-19)10-3-9-27-11-8-26-14-27/h2,4-8,11-14,21H,3,9-10H2,1H3. The van der Waals surface area contributed by atoms with Crippen LogP contribution in [0.2, 0.25) is 5.02 Å². The van der Waals surface area contributed by atoms with Gasteiger partial charge in [0.2, 0.25) is 5.76 Å². The van der Waals surface area contributed by atoms with Crippen LogP contribution in [0.1, 0.15) is 39.7 Å². The van der Waals surface area contributed by atoms with Crippen molar-refractivity contribution in [3.8, 4) is 0 Å². The summed E-state index contributed by atoms with van der Waals surface area (Å²) in [5, 5.41) is 1.04. The molecule has 3 heterocycles. The quantitative estimate of drug-likeness (QED) is 0.461. The predicted octanol–water partition coefficient (Wildman–Crippen LogP) is 4.59. The van der Waals surface area contributed by atoms with Crippen molar-refractivity contribution in [3.05, 3.63) is 98.9 Å². The molecular weight excluding hydrogens is 414 g/mol. The van der Waals surface area contributed by atoms with E-state index in [2.05, 4.69) is 4.98 Å². The Kier molecular flexibility index (Phi) is 4.87. The van der Waals surface area contributed by atoms with Crippen molar-refractivity contribution in [1.82, 2.24) is 14.5 Å². The highest BCUT2D eigenvalue weighted by Crippen LogP contribution is 2.38. The van der Waals surface area contributed by atoms with Crippen LogP contribution in [0.25, 0.3) is 11.0 Å². The number of nitrogens with zero attached hydrogens (tertiary/aromatic N) is 3. The van der Waals surface area contributed by atoms with Gasteiger partial charge in [0.1, 0.15) is 5.58 Å². The monoisotopic (exact) mass is 433 g/mol. The SMILES string of the molecule is Cc1ccc2oc3c(c(=O)c2c1)C(c1cccc(Cl)c1)N(CCCn1ccnc1)C3=O. The molecule has 5 rings (SSSR count). The number of benzene rings is 2. The molecule has 2 aromatic carbocycles. The van der Waals surface area contributed by atoms with E-state index in [1.165, 1.54) is 0 Å². The lowest BCUT2D eigenvalue weighted by atomic mass is 9.98. The Labute approximate surface area is 183 Å². The summed E-state index contributed by atoms with van der Waals surface area (Å²) in [6.45, 7) is 3.10. The number of amides is 1. The Balaban J connectivity index is 1.61. The van der Waals surface area contributed by atoms with Crippen molar-refractivity contribution < 1.29 is 9.21 Å². The average molecular weight is 434 g/mol. The van der Waals surface area contributed by atoms with E-state index in [0.717, 1.165) is 11.1 Å². The van der Waals surface area contributed by atoms with Gasteiger partial charge in [0, 0.05) is 30.5 Å². The van der Waals surface area contributed by atoms with Crippen molar-refractivity contribution in [2.75, 3.05) is 6.54 Å². The van der Waals surface area contributed by atoms with Crippen LogP contribution in [0.5, 0.6) is 0 Å². The first-order valence-electron chi connectivity index (χ1n) is 10.1. The minimum atomic E-state index is -0.537. The molecule has 0 N–H and O–H groups in total. The summed E-state index contributed by atoms with van der Waals surface area (Å²) in [6.07, 6.45) is 6.06. The van der Waals surface area contributed by atoms with Gasteiger partial charge in [0.15, 0.2) is 5.43 Å². The van der Waals surface area contributed by atoms with Gasteiger partial charge in [-0.25, -0.2) is 4.98 Å². The van der Waals surface area contributed by atoms with Gasteiger partial charge >= 0.3 is 0 Å². The molecule has 0 saturated carbocycles. The van der Waals surface area contributed by atoms with Crippen molar-refractivity contribution in [3.63, 3.8) is 0 Å². The van der Waals surface area contributed by atoms with Gasteiger partial charge < -0.3 is 13.9 Å². The second-order valence-corrected chi connectivity index (χ2v) is 8.22. The first kappa shape index (κ1) is 19.6. The minimum Gasteiger partial charge on any atom is -0.450 e. The summed E-state index contributed by atoms with van der Waals surface area (Å²) in [5.41, 5.74) is 2.39. The molecule has 1 atom stereocenters. The number of aromatic nitrogens is 2. The molecule has 1 aliphatic rings. The lowest BCUT2D eigenvalue weighted by molar-refractivity contribution is 0.0723. The topological polar surface area (TPSA) is 68.3 Å². The third-order valence-electron chi connectivity index (χ3n) is 5.66. The molecule has 2 aromatic heterocycles. The molecule has 0 saturated heterocycles. The second-order valence-electron chi connectivity index (χ2n) is 7.78. The number of imidazole rings is 1. The summed E-state index contributed by atoms with van der Waals surface area (Å²) >= 11 is 6.25. The summed E-state index contributed by atoms with van der Waals surface area (Å²) in [4.78, 5) is 32.6. The van der Waals surface area contributed by atoms with E-state index in [4.69, 9.17) is 16.0 Å². The molecule has 1 amide bonds. The van der Waals surface area contributed by atoms with Crippen LogP contribution in [0.3, 0.4) is 0 Å². The number of carbonyl (C=O) groups excluding carboxylic acids is 1. The Morgan fingerprint density at radius 2 is 2.00 bits per heavy atom. The molecule has 0 spiro atoms. The van der Waals surface area contributed by atoms with Gasteiger partial charge in [-0.2, -0.15) is 0 Å². The fraction of sp³-hybridized carbons (Fsp3) is 0.208. The van der Waals surface area contributed by atoms with Crippen LogP contribution in [-0.4, -0.2) is 26.9 Å². The smallest absolute Gasteiger partial charge is 0.290 e. The van der Waals surface area contributed by atoms with E-state index in [-0.39, 0.29) is 17.1 Å². The molecule has 0 bridgehead atoms. The number of hydrogen-bond donors (Lipinski definition) is 0. The Hall–Kier alpha value is -3.38. The highest BCUT2D eigenvalue weighted by Gasteiger charge is 2.42. The third kappa shape index (κ3) is 3.43. The zero-order valence-corrected chi connectivity index (χ0v) is 17.7. The predicted molar refractivity (Wildman–Crippen MR) is 118 cm³/mol. The van der Waals surface area contributed by atoms with Crippen LogP contribution in [0, 0.1) is 6.92 Å². The lowest BCUT2D eigenvalue weighted by Crippen LogP contribution is -2.31. The lowest BCUT2D eigenvalue weighted by Gasteiger charge is -2.25. The number of halogens is 1. The maximum absolute atomic E-state index is 13.5. The van der Waals surface area contributed by atoms with Gasteiger partial charge in [-0.3, -0.25) is 9.59 Å². The molecular formula is C24H20ClN3O3. The average Bonchev–Trinajstić information content (AvgIpc) is 3.36. The van der Waals surface area contributed by atoms with Gasteiger partial charge in [-0.15, -0.1) is 0 Å². The second kappa shape index (κ2) is 7.71. The zero-order chi connectivity index (χ0) is 21.5. The van der Waals surface area contributed by atoms with Crippen molar-refractivity contribution in [1.29, 1.82) is 0 Å². The largest absolute Gasteiger partial charge is 0.450 e. The first-order valence-corrected chi connectivity index (χ1v) is 10.5. The number of aryl methyl sites for hydroxylation is 2. The molecule has 31 heavy (non-hydrogen) atoms. The minimum absolute atomic E-state index is 0.119. The van der Waals surface area contributed by atoms with E-state index in [0.29, 0.717) is 41.1 Å². The fourth-order valence-electron chi connectivity index (χ4n) is 4.23. The van der Waals surface area contributed by atoms with E-state index in [1.807, 2.05) is 42.0 Å². The normalized spacial score (nSPS) is 15.6. The number of hydrogen-bond acceptors (Lipinski definition) is 4. The molecule has 6 nitrogen and oxygen atoms in total. The molecule has 0 aliphatic carbocycles. The fourth-order valence-corrected chi connectivity index (χ4v) is 4.43. The van der Waals surface area contributed by atoms with Gasteiger partial charge in [0.25, 0.3) is 5.91 Å². The van der Waals surface area contributed by atoms with Gasteiger partial charge in [-0.05, 0) is 43.2 Å². The van der Waals surface area contributed by atoms with Crippen LogP contribution in [0.4, 0.5) is 0 Å². The maximum atomic E-state index is 13.5. The highest BCUT2D eigenvalue weighted by atomic mass is 35.5. The summed E-state index contributed by atoms with van der Waals surface area (Å²) in [5.74, 6) is -0.154. The number of rotatable bonds is 5. The number of carbonyl (C=O) groups is 1. The Bertz CT molecular complexity index is 1340. The summed E-state index contributed by atoms with van der Waals surface area (Å²) in [7, 11) is 0. The third-order valence-corrected chi connectivity index (χ3v) is 5.90. The summed E-state index contributed by atoms with van der Waals surface area (Å²) in [6, 6.07) is 12.2. The van der Waals surface area contributed by atoms with Crippen LogP contribution in [0.15, 0.2) is 70.4 Å². The van der Waals surface area contributed by atoms with E-state index in [1.54, 1.807) is 35.6 Å². The number of fused-ring (bicyclic) bond motifs is 2. The van der Waals surface area contributed by atoms with Crippen LogP contribution in [-0.2, 0) is 6.54 Å². The molecule has 1 aliphatic heterocycles. The van der Waals surface area contributed by atoms with Crippen molar-refractivity contribution in [2.24, 2.45) is 0 Å². The van der Waals surface area contributed by atoms with E-state index in [9.17, 15) is 9.59 Å². The Morgan fingerprint density at radius 3 is 2.77 bits per heavy atom. The molecule has 0 radical (unpaired) electrons. The summed E-state index contributed by atoms with van der Waals surface area (Å²) < 4.78 is 7.94. The molecule has 7 heteroatoms. The van der Waals surface area contributed by atoms with Crippen LogP contribution < -0.4 is 5.43 Å². The molecule has 156 valence electrons. The molecule has 0 fully saturated rings. The first-order chi connectivity index (χ1) is 15.0. The zero-order valence-electron chi connectivity index (χ0n) is 16.9. The molecule has 1 unspecified atom stereocenters. The van der Waals surface area contributed by atoms with E-state index >= 15 is 0 Å². The van der Waals surface area contributed by atoms with Crippen molar-refractivity contribution >= 4 is 28.5 Å². The maximum Gasteiger partial charge on any atom is 0.290 e. The van der Waals surface area contributed by atoms with E-state index < -0.39 is 6.04 Å². The van der Waals surface area contributed by atoms with Crippen molar-refractivity contribution in [2.45, 2.75) is 25.9 Å². The Morgan fingerprint density at radius 1 is 1.13 bits per heavy atom. The van der Waals surface area contributed by atoms with Gasteiger partial charge in [-0.1, -0.05) is 35.4 Å².